The summed E-state index contributed by atoms with van der Waals surface area (Å²) in [5, 5.41) is 10.7. The molecule has 6 rings (SSSR count). The number of carbonyl (C=O) groups excluding carboxylic acids is 1. The summed E-state index contributed by atoms with van der Waals surface area (Å²) >= 11 is 1.51. The normalized spacial score (nSPS) is 28.1. The Hall–Kier alpha value is -2.26. The van der Waals surface area contributed by atoms with Gasteiger partial charge < -0.3 is 9.42 Å². The van der Waals surface area contributed by atoms with E-state index in [4.69, 9.17) is 18.6 Å². The van der Waals surface area contributed by atoms with Gasteiger partial charge in [-0.25, -0.2) is 14.6 Å². The third-order valence-corrected chi connectivity index (χ3v) is 8.81. The van der Waals surface area contributed by atoms with Gasteiger partial charge >= 0.3 is 0 Å². The van der Waals surface area contributed by atoms with E-state index < -0.39 is 12.4 Å². The van der Waals surface area contributed by atoms with Crippen LogP contribution in [0.2, 0.25) is 0 Å². The number of nitrogens with zero attached hydrogens (tertiary/aromatic N) is 6. The monoisotopic (exact) mass is 483 g/mol. The average molecular weight is 484 g/mol. The molecule has 8 nitrogen and oxygen atoms in total. The molecule has 0 unspecified atom stereocenters. The fourth-order valence-electron chi connectivity index (χ4n) is 6.29. The van der Waals surface area contributed by atoms with E-state index in [0.29, 0.717) is 35.9 Å². The lowest BCUT2D eigenvalue weighted by Crippen LogP contribution is -2.41. The fourth-order valence-corrected chi connectivity index (χ4v) is 6.83. The van der Waals surface area contributed by atoms with Crippen LogP contribution in [0.1, 0.15) is 79.8 Å². The van der Waals surface area contributed by atoms with Crippen LogP contribution < -0.4 is 0 Å². The van der Waals surface area contributed by atoms with E-state index >= 15 is 0 Å². The van der Waals surface area contributed by atoms with Crippen LogP contribution in [0.25, 0.3) is 22.6 Å². The Bertz CT molecular complexity index is 1350. The molecule has 0 N–H and O–H groups in total. The number of likely N-dealkylation sites (N-methyl/N-ethyl adjacent to an activating group) is 1. The van der Waals surface area contributed by atoms with Gasteiger partial charge in [0.15, 0.2) is 22.9 Å². The second-order valence-electron chi connectivity index (χ2n) is 9.93. The minimum Gasteiger partial charge on any atom is -0.359 e. The highest BCUT2D eigenvalue weighted by Gasteiger charge is 2.48. The van der Waals surface area contributed by atoms with Crippen molar-refractivity contribution in [1.82, 2.24) is 29.8 Å². The predicted octanol–water partition coefficient (Wildman–Crippen LogP) is 4.58. The van der Waals surface area contributed by atoms with Crippen LogP contribution in [0.5, 0.6) is 0 Å². The molecule has 0 radical (unpaired) electrons. The van der Waals surface area contributed by atoms with Gasteiger partial charge in [0.25, 0.3) is 0 Å². The molecule has 1 saturated carbocycles. The molecule has 3 atom stereocenters. The Morgan fingerprint density at radius 1 is 1.24 bits per heavy atom. The number of likely N-dealkylation sites (tertiary alicyclic amines) is 1. The number of fused-ring (bicyclic) bond motifs is 3. The fraction of sp³-hybridized carbons (Fsp3) is 0.640. The van der Waals surface area contributed by atoms with Crippen LogP contribution in [-0.4, -0.2) is 61.4 Å². The molecular formula is C25H32N6O2S. The zero-order valence-electron chi connectivity index (χ0n) is 22.7. The van der Waals surface area contributed by atoms with Crippen molar-refractivity contribution < 1.29 is 13.4 Å². The van der Waals surface area contributed by atoms with Crippen molar-refractivity contribution >= 4 is 28.6 Å². The van der Waals surface area contributed by atoms with Crippen LogP contribution in [0.3, 0.4) is 0 Å². The van der Waals surface area contributed by atoms with E-state index in [0.717, 1.165) is 67.3 Å². The molecule has 2 fully saturated rings. The standard InChI is InChI=1S/C25H32N6O2S/c1-15(18-9-7-13-30(18)2)31-23-17(14-26-31)24(34-3)28-22(27-23)20-16-8-6-12-25(21(16)33-29-20)11-5-4-10-19(25)32/h14-15,18H,4-13H2,1-3H3/t15-,18-,25+/m0/s1/i2D3. The number of aromatic nitrogens is 5. The highest BCUT2D eigenvalue weighted by molar-refractivity contribution is 7.98. The number of carbonyl (C=O) groups is 1. The van der Waals surface area contributed by atoms with Crippen molar-refractivity contribution in [3.05, 3.63) is 17.5 Å². The maximum atomic E-state index is 13.1. The first-order valence-corrected chi connectivity index (χ1v) is 13.6. The van der Waals surface area contributed by atoms with Crippen molar-refractivity contribution in [3.63, 3.8) is 0 Å². The minimum atomic E-state index is -2.14. The quantitative estimate of drug-likeness (QED) is 0.394. The molecule has 0 amide bonds. The van der Waals surface area contributed by atoms with Gasteiger partial charge in [-0.05, 0) is 71.6 Å². The van der Waals surface area contributed by atoms with Gasteiger partial charge in [0.2, 0.25) is 0 Å². The first-order valence-electron chi connectivity index (χ1n) is 13.8. The van der Waals surface area contributed by atoms with Gasteiger partial charge in [-0.15, -0.1) is 11.8 Å². The molecule has 1 spiro atoms. The predicted molar refractivity (Wildman–Crippen MR) is 131 cm³/mol. The molecule has 0 bridgehead atoms. The van der Waals surface area contributed by atoms with Crippen LogP contribution in [-0.2, 0) is 16.6 Å². The van der Waals surface area contributed by atoms with Crippen molar-refractivity contribution in [2.24, 2.45) is 0 Å². The van der Waals surface area contributed by atoms with Crippen LogP contribution in [0.4, 0.5) is 0 Å². The van der Waals surface area contributed by atoms with E-state index in [1.165, 1.54) is 11.8 Å². The molecule has 0 aromatic carbocycles. The molecule has 180 valence electrons. The van der Waals surface area contributed by atoms with Crippen molar-refractivity contribution in [3.8, 4) is 11.5 Å². The Labute approximate surface area is 208 Å². The van der Waals surface area contributed by atoms with E-state index in [1.54, 1.807) is 11.1 Å². The van der Waals surface area contributed by atoms with Gasteiger partial charge in [-0.1, -0.05) is 11.6 Å². The summed E-state index contributed by atoms with van der Waals surface area (Å²) in [6.07, 6.45) is 11.2. The molecule has 4 heterocycles. The van der Waals surface area contributed by atoms with Gasteiger partial charge in [0.05, 0.1) is 23.0 Å². The van der Waals surface area contributed by atoms with E-state index in [1.807, 2.05) is 17.9 Å². The topological polar surface area (TPSA) is 89.9 Å². The number of hydrogen-bond acceptors (Lipinski definition) is 8. The summed E-state index contributed by atoms with van der Waals surface area (Å²) in [7, 11) is 0. The number of rotatable bonds is 4. The largest absolute Gasteiger partial charge is 0.359 e. The van der Waals surface area contributed by atoms with Gasteiger partial charge in [0.1, 0.15) is 10.8 Å². The van der Waals surface area contributed by atoms with Crippen molar-refractivity contribution in [1.29, 1.82) is 0 Å². The van der Waals surface area contributed by atoms with Crippen LogP contribution in [0, 0.1) is 0 Å². The zero-order valence-corrected chi connectivity index (χ0v) is 20.5. The third-order valence-electron chi connectivity index (χ3n) is 8.11. The molecule has 3 aromatic heterocycles. The highest BCUT2D eigenvalue weighted by atomic mass is 32.2. The Kier molecular flexibility index (Phi) is 4.72. The smallest absolute Gasteiger partial charge is 0.185 e. The number of ketones is 1. The maximum Gasteiger partial charge on any atom is 0.185 e. The first kappa shape index (κ1) is 19.0. The molecular weight excluding hydrogens is 448 g/mol. The second-order valence-corrected chi connectivity index (χ2v) is 10.7. The zero-order chi connectivity index (χ0) is 25.9. The lowest BCUT2D eigenvalue weighted by atomic mass is 9.64. The van der Waals surface area contributed by atoms with Crippen molar-refractivity contribution in [2.45, 2.75) is 87.2 Å². The summed E-state index contributed by atoms with van der Waals surface area (Å²) in [5.74, 6) is 1.45. The van der Waals surface area contributed by atoms with E-state index in [-0.39, 0.29) is 17.9 Å². The minimum absolute atomic E-state index is 0.163. The maximum absolute atomic E-state index is 13.1. The summed E-state index contributed by atoms with van der Waals surface area (Å²) in [6, 6.07) is -0.351. The van der Waals surface area contributed by atoms with E-state index in [2.05, 4.69) is 10.3 Å². The number of Topliss-reactive ketones (excluding diaryl/α,β-unsaturated/α-hetero) is 1. The molecule has 2 aliphatic carbocycles. The third kappa shape index (κ3) is 3.26. The number of thioether (sulfide) groups is 1. The molecule has 1 aliphatic heterocycles. The molecule has 3 aliphatic rings. The Morgan fingerprint density at radius 3 is 2.94 bits per heavy atom. The van der Waals surface area contributed by atoms with Gasteiger partial charge in [-0.2, -0.15) is 5.10 Å². The lowest BCUT2D eigenvalue weighted by molar-refractivity contribution is -0.128. The lowest BCUT2D eigenvalue weighted by Gasteiger charge is -2.36. The Morgan fingerprint density at radius 2 is 2.12 bits per heavy atom. The van der Waals surface area contributed by atoms with Gasteiger partial charge in [-0.3, -0.25) is 4.79 Å². The van der Waals surface area contributed by atoms with E-state index in [9.17, 15) is 4.79 Å². The summed E-state index contributed by atoms with van der Waals surface area (Å²) in [5.41, 5.74) is 1.67. The van der Waals surface area contributed by atoms with Crippen LogP contribution in [0.15, 0.2) is 15.7 Å². The summed E-state index contributed by atoms with van der Waals surface area (Å²) in [4.78, 5) is 24.5. The number of hydrogen-bond donors (Lipinski definition) is 0. The van der Waals surface area contributed by atoms with Crippen molar-refractivity contribution in [2.75, 3.05) is 19.8 Å². The molecule has 34 heavy (non-hydrogen) atoms. The first-order chi connectivity index (χ1) is 17.7. The van der Waals surface area contributed by atoms with Gasteiger partial charge in [0, 0.05) is 22.1 Å². The second kappa shape index (κ2) is 8.45. The highest BCUT2D eigenvalue weighted by Crippen LogP contribution is 2.47. The summed E-state index contributed by atoms with van der Waals surface area (Å²) < 4.78 is 31.7. The molecule has 1 saturated heterocycles. The molecule has 9 heteroatoms. The Balaban J connectivity index is 1.44. The molecule has 3 aromatic rings. The average Bonchev–Trinajstić information content (AvgIpc) is 3.63. The van der Waals surface area contributed by atoms with Crippen LogP contribution >= 0.6 is 11.8 Å². The summed E-state index contributed by atoms with van der Waals surface area (Å²) in [6.45, 7) is 0.417. The SMILES string of the molecule is [2H]C([2H])([2H])N1CCC[C@H]1[C@H](C)n1ncc2c(SC)nc(-c3noc4c3CCC[C@@]43CCCCC3=O)nc21.